The third-order valence-corrected chi connectivity index (χ3v) is 10.2. The first-order valence-electron chi connectivity index (χ1n) is 14.8. The van der Waals surface area contributed by atoms with E-state index in [4.69, 9.17) is 14.2 Å². The lowest BCUT2D eigenvalue weighted by Crippen LogP contribution is -2.60. The quantitative estimate of drug-likeness (QED) is 0.264. The highest BCUT2D eigenvalue weighted by Gasteiger charge is 2.60. The van der Waals surface area contributed by atoms with Crippen LogP contribution in [0.1, 0.15) is 23.6 Å². The Bertz CT molecular complexity index is 1900. The maximum atomic E-state index is 15.3. The average Bonchev–Trinajstić information content (AvgIpc) is 3.37. The van der Waals surface area contributed by atoms with Gasteiger partial charge < -0.3 is 19.1 Å². The van der Waals surface area contributed by atoms with Crippen molar-refractivity contribution in [3.8, 4) is 23.3 Å². The Morgan fingerprint density at radius 1 is 0.870 bits per heavy atom. The van der Waals surface area contributed by atoms with E-state index in [-0.39, 0.29) is 16.1 Å². The van der Waals surface area contributed by atoms with Gasteiger partial charge in [-0.15, -0.1) is 0 Å². The number of anilines is 2. The van der Waals surface area contributed by atoms with Gasteiger partial charge in [0, 0.05) is 55.4 Å². The number of nitriles is 1. The maximum absolute atomic E-state index is 15.3. The van der Waals surface area contributed by atoms with Crippen molar-refractivity contribution in [3.63, 3.8) is 0 Å². The molecule has 0 aliphatic carbocycles. The lowest BCUT2D eigenvalue weighted by molar-refractivity contribution is -0.127. The van der Waals surface area contributed by atoms with E-state index in [0.29, 0.717) is 61.2 Å². The number of piperazine rings is 1. The second kappa shape index (κ2) is 12.3. The van der Waals surface area contributed by atoms with E-state index in [2.05, 4.69) is 16.0 Å². The van der Waals surface area contributed by atoms with E-state index >= 15 is 4.79 Å². The first-order valence-corrected chi connectivity index (χ1v) is 16.2. The number of carbonyl (C=O) groups is 1. The van der Waals surface area contributed by atoms with Gasteiger partial charge in [-0.25, -0.2) is 12.7 Å². The molecule has 1 fully saturated rings. The number of nitrogens with zero attached hydrogens (tertiary/aromatic N) is 5. The number of fused-ring (bicyclic) bond motifs is 1. The van der Waals surface area contributed by atoms with Gasteiger partial charge in [-0.1, -0.05) is 0 Å². The Balaban J connectivity index is 1.59. The van der Waals surface area contributed by atoms with Crippen LogP contribution in [0.5, 0.6) is 17.2 Å². The monoisotopic (exact) mass is 639 g/mol. The lowest BCUT2D eigenvalue weighted by atomic mass is 9.80. The molecule has 0 N–H and O–H groups in total. The molecule has 0 radical (unpaired) electrons. The number of carbonyl (C=O) groups excluding carboxylic acids is 1. The molecule has 0 bridgehead atoms. The summed E-state index contributed by atoms with van der Waals surface area (Å²) in [7, 11) is -1.41. The van der Waals surface area contributed by atoms with E-state index < -0.39 is 21.5 Å². The van der Waals surface area contributed by atoms with E-state index in [1.807, 2.05) is 24.0 Å². The molecule has 4 aromatic rings. The number of pyridine rings is 1. The summed E-state index contributed by atoms with van der Waals surface area (Å²) in [5.41, 5.74) is 0.580. The minimum Gasteiger partial charge on any atom is -0.497 e. The molecule has 2 aliphatic rings. The van der Waals surface area contributed by atoms with E-state index in [9.17, 15) is 13.7 Å². The van der Waals surface area contributed by atoms with E-state index in [0.717, 1.165) is 9.99 Å². The van der Waals surface area contributed by atoms with Gasteiger partial charge >= 0.3 is 0 Å². The number of methoxy groups -OCH3 is 2. The highest BCUT2D eigenvalue weighted by molar-refractivity contribution is 7.93. The molecular weight excluding hydrogens is 606 g/mol. The minimum absolute atomic E-state index is 0.0778. The summed E-state index contributed by atoms with van der Waals surface area (Å²) >= 11 is 0. The normalized spacial score (nSPS) is 18.2. The second-order valence-electron chi connectivity index (χ2n) is 10.8. The second-order valence-corrected chi connectivity index (χ2v) is 12.6. The highest BCUT2D eigenvalue weighted by Crippen LogP contribution is 2.53. The van der Waals surface area contributed by atoms with Crippen molar-refractivity contribution >= 4 is 27.3 Å². The molecule has 12 heteroatoms. The van der Waals surface area contributed by atoms with Gasteiger partial charge in [0.25, 0.3) is 15.9 Å². The van der Waals surface area contributed by atoms with Crippen molar-refractivity contribution in [1.82, 2.24) is 9.88 Å². The van der Waals surface area contributed by atoms with E-state index in [1.165, 1.54) is 50.6 Å². The van der Waals surface area contributed by atoms with Gasteiger partial charge in [-0.3, -0.25) is 14.7 Å². The van der Waals surface area contributed by atoms with Crippen molar-refractivity contribution in [2.24, 2.45) is 0 Å². The van der Waals surface area contributed by atoms with Gasteiger partial charge in [0.05, 0.1) is 43.0 Å². The van der Waals surface area contributed by atoms with Gasteiger partial charge in [0.15, 0.2) is 5.54 Å². The molecular formula is C34H33N5O6S. The van der Waals surface area contributed by atoms with Crippen LogP contribution >= 0.6 is 0 Å². The van der Waals surface area contributed by atoms with Gasteiger partial charge in [0.1, 0.15) is 17.2 Å². The number of rotatable bonds is 9. The van der Waals surface area contributed by atoms with Crippen molar-refractivity contribution in [1.29, 1.82) is 5.26 Å². The van der Waals surface area contributed by atoms with Crippen LogP contribution in [0.4, 0.5) is 11.4 Å². The Hall–Kier alpha value is -5.12. The maximum Gasteiger partial charge on any atom is 0.271 e. The zero-order valence-corrected chi connectivity index (χ0v) is 26.5. The van der Waals surface area contributed by atoms with Crippen LogP contribution in [0.15, 0.2) is 90.1 Å². The van der Waals surface area contributed by atoms with Crippen LogP contribution in [0.2, 0.25) is 0 Å². The predicted molar refractivity (Wildman–Crippen MR) is 172 cm³/mol. The molecule has 6 rings (SSSR count). The lowest BCUT2D eigenvalue weighted by Gasteiger charge is -2.46. The Labute approximate surface area is 268 Å². The molecule has 3 aromatic carbocycles. The van der Waals surface area contributed by atoms with Crippen LogP contribution in [-0.2, 0) is 20.4 Å². The SMILES string of the molecule is CCOc1ccc(OC)cc1C1(N2CCN(c3ccncc3)CC2)C(=O)N(S(=O)(=O)c2ccc(OC)cc2)c2ccc(C#N)cc21. The highest BCUT2D eigenvalue weighted by atomic mass is 32.2. The molecule has 1 amide bonds. The zero-order valence-electron chi connectivity index (χ0n) is 25.7. The molecule has 11 nitrogen and oxygen atoms in total. The topological polar surface area (TPSA) is 125 Å². The number of hydrogen-bond acceptors (Lipinski definition) is 10. The Kier molecular flexibility index (Phi) is 8.29. The van der Waals surface area contributed by atoms with Crippen molar-refractivity contribution in [2.45, 2.75) is 17.4 Å². The molecule has 0 spiro atoms. The van der Waals surface area contributed by atoms with Crippen LogP contribution < -0.4 is 23.4 Å². The standard InChI is InChI=1S/C34H33N5O6S/c1-4-45-32-12-8-27(44-3)22-30(32)34(38-19-17-37(18-20-38)25-13-15-36-16-14-25)29-21-24(23-35)5-11-31(29)39(33(34)40)46(41,42)28-9-6-26(43-2)7-10-28/h5-16,21-22H,4,17-20H2,1-3H3. The first kappa shape index (κ1) is 30.9. The average molecular weight is 640 g/mol. The van der Waals surface area contributed by atoms with Crippen molar-refractivity contribution < 1.29 is 27.4 Å². The number of amides is 1. The largest absolute Gasteiger partial charge is 0.497 e. The Morgan fingerprint density at radius 2 is 1.54 bits per heavy atom. The van der Waals surface area contributed by atoms with Crippen LogP contribution in [0.3, 0.4) is 0 Å². The number of hydrogen-bond donors (Lipinski definition) is 0. The smallest absolute Gasteiger partial charge is 0.271 e. The van der Waals surface area contributed by atoms with Crippen molar-refractivity contribution in [2.75, 3.05) is 56.2 Å². The fraction of sp³-hybridized carbons (Fsp3) is 0.265. The van der Waals surface area contributed by atoms with Gasteiger partial charge in [-0.05, 0) is 79.7 Å². The molecule has 3 heterocycles. The predicted octanol–water partition coefficient (Wildman–Crippen LogP) is 4.17. The first-order chi connectivity index (χ1) is 22.3. The fourth-order valence-corrected chi connectivity index (χ4v) is 7.79. The van der Waals surface area contributed by atoms with Gasteiger partial charge in [0.2, 0.25) is 0 Å². The summed E-state index contributed by atoms with van der Waals surface area (Å²) in [6.07, 6.45) is 3.46. The minimum atomic E-state index is -4.43. The summed E-state index contributed by atoms with van der Waals surface area (Å²) in [6, 6.07) is 21.8. The molecule has 2 aliphatic heterocycles. The number of benzene rings is 3. The van der Waals surface area contributed by atoms with Crippen LogP contribution in [0.25, 0.3) is 0 Å². The molecule has 1 saturated heterocycles. The fourth-order valence-electron chi connectivity index (χ4n) is 6.33. The van der Waals surface area contributed by atoms with Crippen molar-refractivity contribution in [3.05, 3.63) is 102 Å². The summed E-state index contributed by atoms with van der Waals surface area (Å²) in [6.45, 7) is 4.02. The number of aromatic nitrogens is 1. The van der Waals surface area contributed by atoms with E-state index in [1.54, 1.807) is 36.7 Å². The molecule has 236 valence electrons. The zero-order chi connectivity index (χ0) is 32.5. The molecule has 0 saturated carbocycles. The number of ether oxygens (including phenoxy) is 3. The Morgan fingerprint density at radius 3 is 2.17 bits per heavy atom. The summed E-state index contributed by atoms with van der Waals surface area (Å²) < 4.78 is 46.7. The summed E-state index contributed by atoms with van der Waals surface area (Å²) in [5, 5.41) is 9.97. The molecule has 46 heavy (non-hydrogen) atoms. The third-order valence-electron chi connectivity index (χ3n) is 8.48. The van der Waals surface area contributed by atoms with Gasteiger partial charge in [-0.2, -0.15) is 5.26 Å². The summed E-state index contributed by atoms with van der Waals surface area (Å²) in [4.78, 5) is 23.5. The molecule has 1 unspecified atom stereocenters. The van der Waals surface area contributed by atoms with Crippen LogP contribution in [0, 0.1) is 11.3 Å². The third kappa shape index (κ3) is 4.98. The molecule has 1 atom stereocenters. The number of sulfonamides is 1. The molecule has 1 aromatic heterocycles. The van der Waals surface area contributed by atoms with Crippen LogP contribution in [-0.4, -0.2) is 71.2 Å². The summed E-state index contributed by atoms with van der Waals surface area (Å²) in [5.74, 6) is 0.658.